The summed E-state index contributed by atoms with van der Waals surface area (Å²) in [5.41, 5.74) is 0. The molecule has 0 atom stereocenters. The van der Waals surface area contributed by atoms with Crippen molar-refractivity contribution in [1.82, 2.24) is 0 Å². The fourth-order valence-electron chi connectivity index (χ4n) is 0. The Morgan fingerprint density at radius 1 is 1.55 bits per heavy atom. The Hall–Kier alpha value is -0.653. The first kappa shape index (κ1) is 16.7. The van der Waals surface area contributed by atoms with E-state index in [4.69, 9.17) is 15.2 Å². The summed E-state index contributed by atoms with van der Waals surface area (Å²) in [6.07, 6.45) is -5.19. The number of rotatable bonds is 0. The van der Waals surface area contributed by atoms with Gasteiger partial charge in [-0.2, -0.15) is 18.4 Å². The maximum atomic E-state index is 10.5. The van der Waals surface area contributed by atoms with Crippen LogP contribution in [0.5, 0.6) is 0 Å². The van der Waals surface area contributed by atoms with Crippen molar-refractivity contribution >= 4 is 5.97 Å². The van der Waals surface area contributed by atoms with Crippen molar-refractivity contribution < 1.29 is 41.9 Å². The summed E-state index contributed by atoms with van der Waals surface area (Å²) in [6, 6.07) is 1.75. The van der Waals surface area contributed by atoms with Gasteiger partial charge >= 0.3 is 25.0 Å². The summed E-state index contributed by atoms with van der Waals surface area (Å²) in [5.74, 6) is -3.01. The number of halogens is 3. The number of nitriles is 1. The minimum Gasteiger partial charge on any atom is -0.542 e. The second-order valence-electron chi connectivity index (χ2n) is 1.01. The molecule has 0 aliphatic carbocycles. The smallest absolute Gasteiger partial charge is 0.542 e. The molecule has 0 bridgehead atoms. The van der Waals surface area contributed by atoms with Gasteiger partial charge in [-0.3, -0.25) is 0 Å². The fourth-order valence-corrected chi connectivity index (χ4v) is 0. The Labute approximate surface area is 73.0 Å². The van der Waals surface area contributed by atoms with Crippen LogP contribution in [-0.2, 0) is 4.79 Å². The van der Waals surface area contributed by atoms with E-state index < -0.39 is 12.1 Å². The van der Waals surface area contributed by atoms with Crippen molar-refractivity contribution in [3.8, 4) is 6.07 Å². The van der Waals surface area contributed by atoms with Crippen LogP contribution in [0.3, 0.4) is 0 Å². The second-order valence-corrected chi connectivity index (χ2v) is 1.01. The van der Waals surface area contributed by atoms with Gasteiger partial charge in [-0.25, -0.2) is 0 Å². The molecule has 3 nitrogen and oxygen atoms in total. The monoisotopic (exact) mass is 161 g/mol. The van der Waals surface area contributed by atoms with Crippen LogP contribution in [0.4, 0.5) is 13.2 Å². The quantitative estimate of drug-likeness (QED) is 0.352. The molecule has 0 fully saturated rings. The van der Waals surface area contributed by atoms with E-state index >= 15 is 0 Å². The van der Waals surface area contributed by atoms with Crippen LogP contribution in [0, 0.1) is 11.3 Å². The van der Waals surface area contributed by atoms with Crippen molar-refractivity contribution in [2.75, 3.05) is 0 Å². The third kappa shape index (κ3) is 17.6. The number of alkyl halides is 3. The molecular formula is C4H3F3LiNO2. The van der Waals surface area contributed by atoms with Gasteiger partial charge in [-0.1, -0.05) is 0 Å². The summed E-state index contributed by atoms with van der Waals surface area (Å²) in [5, 5.41) is 16.1. The van der Waals surface area contributed by atoms with Gasteiger partial charge in [0.25, 0.3) is 0 Å². The van der Waals surface area contributed by atoms with E-state index in [1.165, 1.54) is 6.92 Å². The zero-order chi connectivity index (χ0) is 8.78. The van der Waals surface area contributed by atoms with Crippen LogP contribution in [0.25, 0.3) is 0 Å². The molecule has 0 rings (SSSR count). The van der Waals surface area contributed by atoms with E-state index in [2.05, 4.69) is 0 Å². The van der Waals surface area contributed by atoms with Gasteiger partial charge in [0.2, 0.25) is 0 Å². The average molecular weight is 161 g/mol. The molecule has 0 saturated heterocycles. The Morgan fingerprint density at radius 2 is 1.64 bits per heavy atom. The first-order valence-electron chi connectivity index (χ1n) is 1.95. The molecule has 0 heterocycles. The summed E-state index contributed by atoms with van der Waals surface area (Å²) in [7, 11) is 0. The molecule has 7 heteroatoms. The van der Waals surface area contributed by atoms with Gasteiger partial charge in [-0.15, -0.1) is 0 Å². The SMILES string of the molecule is CC#N.O=C([O-])C(F)(F)F.[Li+]. The molecule has 0 aromatic rings. The second kappa shape index (κ2) is 7.45. The molecule has 0 N–H and O–H groups in total. The molecule has 0 aliphatic rings. The summed E-state index contributed by atoms with van der Waals surface area (Å²) < 4.78 is 31.5. The molecule has 0 aliphatic heterocycles. The molecule has 0 amide bonds. The number of carboxylic acid groups (broad SMARTS) is 1. The molecule has 0 unspecified atom stereocenters. The Morgan fingerprint density at radius 3 is 1.64 bits per heavy atom. The van der Waals surface area contributed by atoms with Crippen LogP contribution in [0.15, 0.2) is 0 Å². The van der Waals surface area contributed by atoms with Crippen molar-refractivity contribution in [1.29, 1.82) is 5.26 Å². The molecule has 58 valence electrons. The standard InChI is InChI=1S/C2HF3O2.C2H3N.Li/c3-2(4,5)1(6)7;1-2-3;/h(H,6,7);1H3;/q;;+1/p-1. The molecule has 0 radical (unpaired) electrons. The van der Waals surface area contributed by atoms with Crippen LogP contribution in [0.1, 0.15) is 6.92 Å². The van der Waals surface area contributed by atoms with Crippen molar-refractivity contribution in [3.05, 3.63) is 0 Å². The average Bonchev–Trinajstić information content (AvgIpc) is 1.64. The normalized spacial score (nSPS) is 7.91. The zero-order valence-corrected chi connectivity index (χ0v) is 5.90. The van der Waals surface area contributed by atoms with E-state index in [0.717, 1.165) is 0 Å². The topological polar surface area (TPSA) is 63.9 Å². The van der Waals surface area contributed by atoms with Crippen LogP contribution in [-0.4, -0.2) is 12.1 Å². The van der Waals surface area contributed by atoms with Gasteiger partial charge in [0.15, 0.2) is 0 Å². The third-order valence-corrected chi connectivity index (χ3v) is 0.231. The number of carbonyl (C=O) groups is 1. The zero-order valence-electron chi connectivity index (χ0n) is 5.90. The molecule has 0 aromatic carbocycles. The maximum absolute atomic E-state index is 10.5. The van der Waals surface area contributed by atoms with Crippen LogP contribution in [0.2, 0.25) is 0 Å². The first-order chi connectivity index (χ1) is 4.36. The molecular weight excluding hydrogens is 158 g/mol. The van der Waals surface area contributed by atoms with E-state index in [1.54, 1.807) is 6.07 Å². The van der Waals surface area contributed by atoms with Gasteiger partial charge in [0.1, 0.15) is 5.97 Å². The Bertz CT molecular complexity index is 150. The predicted molar refractivity (Wildman–Crippen MR) is 22.3 cm³/mol. The fraction of sp³-hybridized carbons (Fsp3) is 0.500. The molecule has 0 saturated carbocycles. The minimum atomic E-state index is -5.19. The Balaban J connectivity index is -0.000000140. The van der Waals surface area contributed by atoms with E-state index in [9.17, 15) is 13.2 Å². The number of aliphatic carboxylic acids is 1. The van der Waals surface area contributed by atoms with Crippen molar-refractivity contribution in [2.45, 2.75) is 13.1 Å². The van der Waals surface area contributed by atoms with Crippen molar-refractivity contribution in [3.63, 3.8) is 0 Å². The number of carboxylic acids is 1. The first-order valence-corrected chi connectivity index (χ1v) is 1.95. The summed E-state index contributed by atoms with van der Waals surface area (Å²) >= 11 is 0. The maximum Gasteiger partial charge on any atom is 1.00 e. The molecule has 0 aromatic heterocycles. The number of hydrogen-bond acceptors (Lipinski definition) is 3. The van der Waals surface area contributed by atoms with Crippen LogP contribution >= 0.6 is 0 Å². The van der Waals surface area contributed by atoms with Gasteiger partial charge in [0.05, 0.1) is 6.07 Å². The van der Waals surface area contributed by atoms with Crippen LogP contribution < -0.4 is 24.0 Å². The van der Waals surface area contributed by atoms with Gasteiger partial charge < -0.3 is 9.90 Å². The number of carbonyl (C=O) groups excluding carboxylic acids is 1. The largest absolute Gasteiger partial charge is 1.00 e. The molecule has 11 heavy (non-hydrogen) atoms. The van der Waals surface area contributed by atoms with E-state index in [-0.39, 0.29) is 18.9 Å². The molecule has 0 spiro atoms. The summed E-state index contributed by atoms with van der Waals surface area (Å²) in [4.78, 5) is 8.78. The van der Waals surface area contributed by atoms with Crippen molar-refractivity contribution in [2.24, 2.45) is 0 Å². The Kier molecular flexibility index (Phi) is 11.3. The minimum absolute atomic E-state index is 0. The predicted octanol–water partition coefficient (Wildman–Crippen LogP) is -3.17. The van der Waals surface area contributed by atoms with E-state index in [0.29, 0.717) is 0 Å². The summed E-state index contributed by atoms with van der Waals surface area (Å²) in [6.45, 7) is 1.43. The number of nitrogens with zero attached hydrogens (tertiary/aromatic N) is 1. The third-order valence-electron chi connectivity index (χ3n) is 0.231. The number of hydrogen-bond donors (Lipinski definition) is 0. The van der Waals surface area contributed by atoms with Gasteiger partial charge in [0, 0.05) is 6.92 Å². The van der Waals surface area contributed by atoms with E-state index in [1.807, 2.05) is 0 Å². The van der Waals surface area contributed by atoms with Gasteiger partial charge in [-0.05, 0) is 0 Å².